The van der Waals surface area contributed by atoms with Crippen LogP contribution in [0.1, 0.15) is 34.3 Å². The highest BCUT2D eigenvalue weighted by Crippen LogP contribution is 2.30. The summed E-state index contributed by atoms with van der Waals surface area (Å²) in [5.41, 5.74) is 5.09. The van der Waals surface area contributed by atoms with Crippen LogP contribution < -0.4 is 0 Å². The number of hydrogen-bond acceptors (Lipinski definition) is 3. The molecule has 1 amide bonds. The molecule has 2 aromatic heterocycles. The number of aromatic nitrogens is 1. The third-order valence-electron chi connectivity index (χ3n) is 6.24. The quantitative estimate of drug-likeness (QED) is 0.380. The molecule has 0 bridgehead atoms. The van der Waals surface area contributed by atoms with Gasteiger partial charge in [-0.2, -0.15) is 0 Å². The molecule has 1 aliphatic rings. The van der Waals surface area contributed by atoms with Crippen molar-refractivity contribution in [3.05, 3.63) is 88.8 Å². The number of nitrogens with zero attached hydrogens (tertiary/aromatic N) is 2. The fourth-order valence-electron chi connectivity index (χ4n) is 4.53. The minimum atomic E-state index is 0.133. The summed E-state index contributed by atoms with van der Waals surface area (Å²) in [5.74, 6) is 0.776. The van der Waals surface area contributed by atoms with E-state index < -0.39 is 0 Å². The Morgan fingerprint density at radius 2 is 1.84 bits per heavy atom. The Morgan fingerprint density at radius 3 is 2.58 bits per heavy atom. The van der Waals surface area contributed by atoms with Crippen LogP contribution in [0.2, 0.25) is 0 Å². The standard InChI is InChI=1S/C27H26N2OS/c1-19-9-10-24-22(16-19)23(18-25(28-24)26-8-5-15-31-26)27(30)29-13-11-21(12-14-29)17-20-6-3-2-4-7-20/h2-10,15-16,18,21H,11-14,17H2,1H3. The van der Waals surface area contributed by atoms with Crippen LogP contribution in [0, 0.1) is 12.8 Å². The summed E-state index contributed by atoms with van der Waals surface area (Å²) >= 11 is 1.66. The molecule has 1 saturated heterocycles. The second kappa shape index (κ2) is 8.64. The zero-order chi connectivity index (χ0) is 21.2. The highest BCUT2D eigenvalue weighted by molar-refractivity contribution is 7.13. The molecule has 0 spiro atoms. The number of piperidine rings is 1. The fraction of sp³-hybridized carbons (Fsp3) is 0.259. The number of rotatable bonds is 4. The van der Waals surface area contributed by atoms with E-state index in [1.807, 2.05) is 23.1 Å². The van der Waals surface area contributed by atoms with Gasteiger partial charge in [0.05, 0.1) is 21.7 Å². The van der Waals surface area contributed by atoms with Gasteiger partial charge in [-0.05, 0) is 67.3 Å². The molecule has 3 nitrogen and oxygen atoms in total. The summed E-state index contributed by atoms with van der Waals surface area (Å²) in [6.45, 7) is 3.70. The molecule has 0 N–H and O–H groups in total. The van der Waals surface area contributed by atoms with E-state index in [0.29, 0.717) is 5.92 Å². The zero-order valence-corrected chi connectivity index (χ0v) is 18.6. The molecule has 4 aromatic rings. The molecular weight excluding hydrogens is 400 g/mol. The predicted octanol–water partition coefficient (Wildman–Crippen LogP) is 6.37. The smallest absolute Gasteiger partial charge is 0.254 e. The van der Waals surface area contributed by atoms with Crippen LogP contribution >= 0.6 is 11.3 Å². The van der Waals surface area contributed by atoms with E-state index >= 15 is 0 Å². The molecular formula is C27H26N2OS. The highest BCUT2D eigenvalue weighted by Gasteiger charge is 2.25. The lowest BCUT2D eigenvalue weighted by molar-refractivity contribution is 0.0692. The minimum absolute atomic E-state index is 0.133. The number of benzene rings is 2. The Kier molecular flexibility index (Phi) is 5.56. The van der Waals surface area contributed by atoms with Crippen molar-refractivity contribution < 1.29 is 4.79 Å². The van der Waals surface area contributed by atoms with E-state index in [1.54, 1.807) is 11.3 Å². The maximum Gasteiger partial charge on any atom is 0.254 e. The SMILES string of the molecule is Cc1ccc2nc(-c3cccs3)cc(C(=O)N3CCC(Cc4ccccc4)CC3)c2c1. The van der Waals surface area contributed by atoms with Gasteiger partial charge in [0.1, 0.15) is 0 Å². The number of amides is 1. The number of carbonyl (C=O) groups is 1. The second-order valence-corrected chi connectivity index (χ2v) is 9.43. The van der Waals surface area contributed by atoms with Crippen LogP contribution in [0.15, 0.2) is 72.1 Å². The number of fused-ring (bicyclic) bond motifs is 1. The molecule has 156 valence electrons. The van der Waals surface area contributed by atoms with Crippen molar-refractivity contribution in [3.8, 4) is 10.6 Å². The van der Waals surface area contributed by atoms with E-state index in [1.165, 1.54) is 5.56 Å². The molecule has 31 heavy (non-hydrogen) atoms. The zero-order valence-electron chi connectivity index (χ0n) is 17.8. The van der Waals surface area contributed by atoms with Gasteiger partial charge in [0.15, 0.2) is 0 Å². The summed E-state index contributed by atoms with van der Waals surface area (Å²) in [4.78, 5) is 21.6. The number of hydrogen-bond donors (Lipinski definition) is 0. The first-order valence-corrected chi connectivity index (χ1v) is 11.8. The van der Waals surface area contributed by atoms with Crippen LogP contribution in [0.3, 0.4) is 0 Å². The molecule has 5 rings (SSSR count). The molecule has 0 aliphatic carbocycles. The van der Waals surface area contributed by atoms with Gasteiger partial charge < -0.3 is 4.90 Å². The van der Waals surface area contributed by atoms with Crippen LogP contribution in [0.25, 0.3) is 21.5 Å². The van der Waals surface area contributed by atoms with Gasteiger partial charge in [-0.3, -0.25) is 4.79 Å². The summed E-state index contributed by atoms with van der Waals surface area (Å²) in [6, 6.07) is 23.0. The van der Waals surface area contributed by atoms with Crippen LogP contribution in [-0.2, 0) is 6.42 Å². The largest absolute Gasteiger partial charge is 0.339 e. The average molecular weight is 427 g/mol. The molecule has 4 heteroatoms. The van der Waals surface area contributed by atoms with Gasteiger partial charge in [-0.15, -0.1) is 11.3 Å². The topological polar surface area (TPSA) is 33.2 Å². The monoisotopic (exact) mass is 426 g/mol. The first kappa shape index (κ1) is 20.0. The number of likely N-dealkylation sites (tertiary alicyclic amines) is 1. The molecule has 3 heterocycles. The lowest BCUT2D eigenvalue weighted by Gasteiger charge is -2.32. The van der Waals surface area contributed by atoms with Crippen LogP contribution in [0.5, 0.6) is 0 Å². The van der Waals surface area contributed by atoms with E-state index in [0.717, 1.165) is 65.0 Å². The Balaban J connectivity index is 1.40. The lowest BCUT2D eigenvalue weighted by atomic mass is 9.90. The number of carbonyl (C=O) groups excluding carboxylic acids is 1. The van der Waals surface area contributed by atoms with Gasteiger partial charge in [0.25, 0.3) is 5.91 Å². The van der Waals surface area contributed by atoms with Crippen molar-refractivity contribution in [2.24, 2.45) is 5.92 Å². The second-order valence-electron chi connectivity index (χ2n) is 8.48. The van der Waals surface area contributed by atoms with Gasteiger partial charge >= 0.3 is 0 Å². The number of thiophene rings is 1. The number of aryl methyl sites for hydroxylation is 1. The summed E-state index contributed by atoms with van der Waals surface area (Å²) in [5, 5.41) is 3.01. The van der Waals surface area contributed by atoms with Crippen molar-refractivity contribution >= 4 is 28.1 Å². The minimum Gasteiger partial charge on any atom is -0.339 e. The van der Waals surface area contributed by atoms with Crippen molar-refractivity contribution in [2.75, 3.05) is 13.1 Å². The molecule has 0 radical (unpaired) electrons. The van der Waals surface area contributed by atoms with Crippen molar-refractivity contribution in [1.82, 2.24) is 9.88 Å². The van der Waals surface area contributed by atoms with Crippen LogP contribution in [-0.4, -0.2) is 28.9 Å². The first-order chi connectivity index (χ1) is 15.2. The number of pyridine rings is 1. The lowest BCUT2D eigenvalue weighted by Crippen LogP contribution is -2.39. The van der Waals surface area contributed by atoms with Crippen molar-refractivity contribution in [2.45, 2.75) is 26.2 Å². The van der Waals surface area contributed by atoms with Gasteiger partial charge in [0.2, 0.25) is 0 Å². The Hall–Kier alpha value is -2.98. The summed E-state index contributed by atoms with van der Waals surface area (Å²) in [7, 11) is 0. The van der Waals surface area contributed by atoms with Gasteiger partial charge in [-0.25, -0.2) is 4.98 Å². The molecule has 0 saturated carbocycles. The summed E-state index contributed by atoms with van der Waals surface area (Å²) in [6.07, 6.45) is 3.21. The molecule has 0 unspecified atom stereocenters. The van der Waals surface area contributed by atoms with Gasteiger partial charge in [0, 0.05) is 18.5 Å². The summed E-state index contributed by atoms with van der Waals surface area (Å²) < 4.78 is 0. The molecule has 0 atom stereocenters. The first-order valence-electron chi connectivity index (χ1n) is 11.0. The Bertz CT molecular complexity index is 1190. The molecule has 2 aromatic carbocycles. The van der Waals surface area contributed by atoms with Crippen molar-refractivity contribution in [3.63, 3.8) is 0 Å². The maximum atomic E-state index is 13.6. The predicted molar refractivity (Wildman–Crippen MR) is 129 cm³/mol. The molecule has 1 fully saturated rings. The Morgan fingerprint density at radius 1 is 1.03 bits per heavy atom. The fourth-order valence-corrected chi connectivity index (χ4v) is 5.21. The van der Waals surface area contributed by atoms with E-state index in [4.69, 9.17) is 4.98 Å². The van der Waals surface area contributed by atoms with E-state index in [2.05, 4.69) is 60.8 Å². The van der Waals surface area contributed by atoms with E-state index in [-0.39, 0.29) is 5.91 Å². The van der Waals surface area contributed by atoms with Gasteiger partial charge in [-0.1, -0.05) is 48.0 Å². The third kappa shape index (κ3) is 4.26. The van der Waals surface area contributed by atoms with Crippen molar-refractivity contribution in [1.29, 1.82) is 0 Å². The van der Waals surface area contributed by atoms with E-state index in [9.17, 15) is 4.79 Å². The molecule has 1 aliphatic heterocycles. The third-order valence-corrected chi connectivity index (χ3v) is 7.13. The Labute approximate surface area is 187 Å². The normalized spacial score (nSPS) is 14.8. The van der Waals surface area contributed by atoms with Crippen LogP contribution in [0.4, 0.5) is 0 Å². The average Bonchev–Trinajstić information content (AvgIpc) is 3.34. The maximum absolute atomic E-state index is 13.6. The highest BCUT2D eigenvalue weighted by atomic mass is 32.1.